The topological polar surface area (TPSA) is 99.5 Å². The largest absolute Gasteiger partial charge is 0.493 e. The number of rotatable bonds is 7. The van der Waals surface area contributed by atoms with Crippen molar-refractivity contribution in [3.63, 3.8) is 0 Å². The fourth-order valence-corrected chi connectivity index (χ4v) is 4.98. The lowest BCUT2D eigenvalue weighted by atomic mass is 9.77. The molecule has 0 saturated carbocycles. The van der Waals surface area contributed by atoms with E-state index < -0.39 is 23.5 Å². The highest BCUT2D eigenvalue weighted by molar-refractivity contribution is 5.99. The van der Waals surface area contributed by atoms with E-state index in [1.165, 1.54) is 21.3 Å². The molecule has 5 rings (SSSR count). The second-order valence-corrected chi connectivity index (χ2v) is 8.08. The average molecular weight is 440 g/mol. The van der Waals surface area contributed by atoms with Crippen molar-refractivity contribution in [3.05, 3.63) is 48.4 Å². The number of hydrogen-bond donors (Lipinski definition) is 1. The molecule has 1 spiro atoms. The SMILES string of the molecule is COc1cc(NC(=O)[C@H]2[C@H]3C=C[C@]4(CN(Cc5ccco5)C(=O)[C@@H]24)O3)cc(OC)c1OC. The van der Waals surface area contributed by atoms with E-state index in [1.807, 2.05) is 18.2 Å². The lowest BCUT2D eigenvalue weighted by molar-refractivity contribution is -0.136. The normalized spacial score (nSPS) is 27.5. The van der Waals surface area contributed by atoms with Crippen molar-refractivity contribution in [1.29, 1.82) is 0 Å². The van der Waals surface area contributed by atoms with Gasteiger partial charge in [0, 0.05) is 17.8 Å². The van der Waals surface area contributed by atoms with Gasteiger partial charge in [0.25, 0.3) is 0 Å². The fraction of sp³-hybridized carbons (Fsp3) is 0.391. The van der Waals surface area contributed by atoms with Gasteiger partial charge in [-0.25, -0.2) is 0 Å². The van der Waals surface area contributed by atoms with Gasteiger partial charge in [-0.3, -0.25) is 9.59 Å². The number of likely N-dealkylation sites (tertiary alicyclic amines) is 1. The van der Waals surface area contributed by atoms with Gasteiger partial charge in [0.05, 0.1) is 58.6 Å². The molecule has 0 radical (unpaired) electrons. The number of ether oxygens (including phenoxy) is 4. The number of nitrogens with zero attached hydrogens (tertiary/aromatic N) is 1. The van der Waals surface area contributed by atoms with E-state index in [2.05, 4.69) is 5.32 Å². The summed E-state index contributed by atoms with van der Waals surface area (Å²) in [5, 5.41) is 2.90. The predicted octanol–water partition coefficient (Wildman–Crippen LogP) is 2.23. The molecule has 0 aliphatic carbocycles. The number of methoxy groups -OCH3 is 3. The number of furan rings is 1. The number of amides is 2. The first-order chi connectivity index (χ1) is 15.5. The number of hydrogen-bond acceptors (Lipinski definition) is 7. The highest BCUT2D eigenvalue weighted by Gasteiger charge is 2.66. The van der Waals surface area contributed by atoms with E-state index in [9.17, 15) is 9.59 Å². The summed E-state index contributed by atoms with van der Waals surface area (Å²) in [4.78, 5) is 28.3. The van der Waals surface area contributed by atoms with Crippen molar-refractivity contribution >= 4 is 17.5 Å². The molecular weight excluding hydrogens is 416 g/mol. The molecule has 2 aromatic rings. The third kappa shape index (κ3) is 3.03. The molecule has 2 saturated heterocycles. The van der Waals surface area contributed by atoms with Crippen LogP contribution in [-0.2, 0) is 20.9 Å². The third-order valence-corrected chi connectivity index (χ3v) is 6.34. The lowest BCUT2D eigenvalue weighted by Gasteiger charge is -2.23. The Hall–Kier alpha value is -3.46. The molecule has 3 aliphatic heterocycles. The zero-order chi connectivity index (χ0) is 22.5. The van der Waals surface area contributed by atoms with Crippen molar-refractivity contribution in [1.82, 2.24) is 4.90 Å². The maximum Gasteiger partial charge on any atom is 0.231 e. The summed E-state index contributed by atoms with van der Waals surface area (Å²) in [5.74, 6) is 0.313. The highest BCUT2D eigenvalue weighted by Crippen LogP contribution is 2.52. The van der Waals surface area contributed by atoms with Crippen LogP contribution in [0.5, 0.6) is 17.2 Å². The number of benzene rings is 1. The minimum Gasteiger partial charge on any atom is -0.493 e. The zero-order valence-electron chi connectivity index (χ0n) is 18.0. The molecule has 4 atom stereocenters. The van der Waals surface area contributed by atoms with Crippen molar-refractivity contribution in [3.8, 4) is 17.2 Å². The Bertz CT molecular complexity index is 1060. The number of anilines is 1. The summed E-state index contributed by atoms with van der Waals surface area (Å²) in [7, 11) is 4.52. The lowest BCUT2D eigenvalue weighted by Crippen LogP contribution is -2.41. The molecule has 2 bridgehead atoms. The molecule has 0 unspecified atom stereocenters. The summed E-state index contributed by atoms with van der Waals surface area (Å²) in [5.41, 5.74) is -0.311. The van der Waals surface area contributed by atoms with Gasteiger partial charge in [0.15, 0.2) is 11.5 Å². The number of carbonyl (C=O) groups is 2. The fourth-order valence-electron chi connectivity index (χ4n) is 4.98. The summed E-state index contributed by atoms with van der Waals surface area (Å²) < 4.78 is 27.6. The van der Waals surface area contributed by atoms with Gasteiger partial charge in [0.2, 0.25) is 17.6 Å². The van der Waals surface area contributed by atoms with Crippen molar-refractivity contribution in [2.24, 2.45) is 11.8 Å². The zero-order valence-corrected chi connectivity index (χ0v) is 18.0. The molecule has 9 nitrogen and oxygen atoms in total. The standard InChI is InChI=1S/C23H24N2O7/c1-28-16-9-13(10-17(29-2)20(16)30-3)24-21(26)18-15-6-7-23(32-15)12-25(22(27)19(18)23)11-14-5-4-8-31-14/h4-10,15,18-19H,11-12H2,1-3H3,(H,24,26)/t15-,18+,19-,23-/m1/s1. The Kier molecular flexibility index (Phi) is 4.85. The third-order valence-electron chi connectivity index (χ3n) is 6.34. The average Bonchev–Trinajstić information content (AvgIpc) is 3.56. The first kappa shape index (κ1) is 20.4. The predicted molar refractivity (Wildman–Crippen MR) is 113 cm³/mol. The van der Waals surface area contributed by atoms with Gasteiger partial charge >= 0.3 is 0 Å². The highest BCUT2D eigenvalue weighted by atomic mass is 16.5. The Morgan fingerprint density at radius 1 is 1.22 bits per heavy atom. The van der Waals surface area contributed by atoms with Gasteiger partial charge in [-0.15, -0.1) is 0 Å². The van der Waals surface area contributed by atoms with Crippen LogP contribution in [0.3, 0.4) is 0 Å². The van der Waals surface area contributed by atoms with Crippen molar-refractivity contribution < 1.29 is 33.0 Å². The molecule has 3 aliphatic rings. The molecule has 168 valence electrons. The van der Waals surface area contributed by atoms with E-state index >= 15 is 0 Å². The second-order valence-electron chi connectivity index (χ2n) is 8.08. The molecule has 4 heterocycles. The van der Waals surface area contributed by atoms with E-state index in [4.69, 9.17) is 23.4 Å². The summed E-state index contributed by atoms with van der Waals surface area (Å²) in [6, 6.07) is 6.91. The van der Waals surface area contributed by atoms with Crippen LogP contribution in [0.2, 0.25) is 0 Å². The Morgan fingerprint density at radius 3 is 2.59 bits per heavy atom. The number of fused-ring (bicyclic) bond motifs is 1. The molecule has 1 aromatic carbocycles. The van der Waals surface area contributed by atoms with E-state index in [0.717, 1.165) is 0 Å². The molecule has 2 amide bonds. The molecular formula is C23H24N2O7. The second kappa shape index (κ2) is 7.59. The quantitative estimate of drug-likeness (QED) is 0.659. The van der Waals surface area contributed by atoms with Crippen LogP contribution in [0.4, 0.5) is 5.69 Å². The van der Waals surface area contributed by atoms with Crippen LogP contribution in [0.15, 0.2) is 47.1 Å². The minimum absolute atomic E-state index is 0.113. The smallest absolute Gasteiger partial charge is 0.231 e. The van der Waals surface area contributed by atoms with Crippen LogP contribution in [0.25, 0.3) is 0 Å². The van der Waals surface area contributed by atoms with Crippen LogP contribution >= 0.6 is 0 Å². The maximum atomic E-state index is 13.3. The summed E-state index contributed by atoms with van der Waals surface area (Å²) >= 11 is 0. The Labute approximate surface area is 184 Å². The van der Waals surface area contributed by atoms with Crippen LogP contribution in [0.1, 0.15) is 5.76 Å². The van der Waals surface area contributed by atoms with Crippen LogP contribution in [-0.4, -0.2) is 56.3 Å². The summed E-state index contributed by atoms with van der Waals surface area (Å²) in [6.07, 6.45) is 4.92. The molecule has 32 heavy (non-hydrogen) atoms. The van der Waals surface area contributed by atoms with Gasteiger partial charge < -0.3 is 33.6 Å². The van der Waals surface area contributed by atoms with Gasteiger partial charge in [-0.2, -0.15) is 0 Å². The molecule has 2 fully saturated rings. The molecule has 9 heteroatoms. The first-order valence-electron chi connectivity index (χ1n) is 10.3. The minimum atomic E-state index is -0.786. The molecule has 1 aromatic heterocycles. The van der Waals surface area contributed by atoms with E-state index in [-0.39, 0.29) is 11.8 Å². The van der Waals surface area contributed by atoms with E-state index in [1.54, 1.807) is 29.4 Å². The number of carbonyl (C=O) groups excluding carboxylic acids is 2. The first-order valence-corrected chi connectivity index (χ1v) is 10.3. The van der Waals surface area contributed by atoms with E-state index in [0.29, 0.717) is 41.8 Å². The molecule has 1 N–H and O–H groups in total. The van der Waals surface area contributed by atoms with Crippen molar-refractivity contribution in [2.45, 2.75) is 18.2 Å². The van der Waals surface area contributed by atoms with Gasteiger partial charge in [-0.05, 0) is 12.1 Å². The van der Waals surface area contributed by atoms with Crippen LogP contribution < -0.4 is 19.5 Å². The maximum absolute atomic E-state index is 13.3. The Balaban J connectivity index is 1.39. The van der Waals surface area contributed by atoms with Gasteiger partial charge in [0.1, 0.15) is 11.4 Å². The number of nitrogens with one attached hydrogen (secondary N) is 1. The van der Waals surface area contributed by atoms with Crippen molar-refractivity contribution in [2.75, 3.05) is 33.2 Å². The summed E-state index contributed by atoms with van der Waals surface area (Å²) in [6.45, 7) is 0.728. The van der Waals surface area contributed by atoms with Gasteiger partial charge in [-0.1, -0.05) is 12.2 Å². The Morgan fingerprint density at radius 2 is 1.97 bits per heavy atom. The van der Waals surface area contributed by atoms with Crippen LogP contribution in [0, 0.1) is 11.8 Å². The monoisotopic (exact) mass is 440 g/mol.